The molecule has 1 atom stereocenters. The molecule has 0 N–H and O–H groups in total. The molecule has 2 aliphatic heterocycles. The molecular weight excluding hydrogens is 376 g/mol. The number of nitrogens with zero attached hydrogens (tertiary/aromatic N) is 6. The van der Waals surface area contributed by atoms with Crippen LogP contribution in [0.5, 0.6) is 0 Å². The number of benzene rings is 1. The van der Waals surface area contributed by atoms with E-state index in [1.165, 1.54) is 25.7 Å². The summed E-state index contributed by atoms with van der Waals surface area (Å²) in [6, 6.07) is 7.91. The quantitative estimate of drug-likeness (QED) is 0.769. The van der Waals surface area contributed by atoms with Gasteiger partial charge in [0.15, 0.2) is 5.82 Å². The first-order valence-corrected chi connectivity index (χ1v) is 10.6. The lowest BCUT2D eigenvalue weighted by atomic mass is 9.98. The summed E-state index contributed by atoms with van der Waals surface area (Å²) in [4.78, 5) is 17.1. The number of amides is 1. The third kappa shape index (κ3) is 4.52. The fourth-order valence-electron chi connectivity index (χ4n) is 4.23. The van der Waals surface area contributed by atoms with Crippen molar-refractivity contribution in [2.24, 2.45) is 0 Å². The highest BCUT2D eigenvalue weighted by Gasteiger charge is 2.29. The smallest absolute Gasteiger partial charge is 0.244 e. The van der Waals surface area contributed by atoms with Crippen LogP contribution < -0.4 is 0 Å². The molecule has 8 heteroatoms. The monoisotopic (exact) mass is 402 g/mol. The minimum absolute atomic E-state index is 0.0685. The summed E-state index contributed by atoms with van der Waals surface area (Å²) in [7, 11) is 0. The van der Waals surface area contributed by atoms with E-state index in [2.05, 4.69) is 26.5 Å². The van der Waals surface area contributed by atoms with E-state index in [1.54, 1.807) is 4.68 Å². The number of aromatic nitrogens is 4. The Bertz CT molecular complexity index is 801. The van der Waals surface area contributed by atoms with Gasteiger partial charge in [-0.05, 0) is 54.4 Å². The molecule has 1 amide bonds. The Balaban J connectivity index is 1.36. The summed E-state index contributed by atoms with van der Waals surface area (Å²) < 4.78 is 1.66. The van der Waals surface area contributed by atoms with Gasteiger partial charge in [-0.3, -0.25) is 9.69 Å². The molecule has 2 saturated heterocycles. The van der Waals surface area contributed by atoms with Crippen LogP contribution in [0.3, 0.4) is 0 Å². The van der Waals surface area contributed by atoms with E-state index < -0.39 is 0 Å². The Kier molecular flexibility index (Phi) is 6.22. The van der Waals surface area contributed by atoms with E-state index in [0.29, 0.717) is 19.0 Å². The standard InChI is InChI=1S/C20H27ClN6O/c21-18-8-4-3-7-17(18)16-9-12-26(13-16)20(28)15-27-19(22-23-24-27)14-25-10-5-1-2-6-11-25/h3-4,7-8,16H,1-2,5-6,9-15H2. The third-order valence-corrected chi connectivity index (χ3v) is 6.19. The van der Waals surface area contributed by atoms with Crippen molar-refractivity contribution >= 4 is 17.5 Å². The Labute approximate surface area is 170 Å². The van der Waals surface area contributed by atoms with Gasteiger partial charge in [-0.15, -0.1) is 5.10 Å². The van der Waals surface area contributed by atoms with E-state index in [4.69, 9.17) is 11.6 Å². The lowest BCUT2D eigenvalue weighted by molar-refractivity contribution is -0.131. The predicted octanol–water partition coefficient (Wildman–Crippen LogP) is 2.72. The molecule has 1 unspecified atom stereocenters. The third-order valence-electron chi connectivity index (χ3n) is 5.84. The number of hydrogen-bond donors (Lipinski definition) is 0. The van der Waals surface area contributed by atoms with Gasteiger partial charge in [0, 0.05) is 24.0 Å². The maximum Gasteiger partial charge on any atom is 0.244 e. The number of halogens is 1. The SMILES string of the molecule is O=C(Cn1nnnc1CN1CCCCCC1)N1CCC(c2ccccc2Cl)C1. The number of tetrazole rings is 1. The fraction of sp³-hybridized carbons (Fsp3) is 0.600. The fourth-order valence-corrected chi connectivity index (χ4v) is 4.52. The number of rotatable bonds is 5. The second-order valence-corrected chi connectivity index (χ2v) is 8.20. The van der Waals surface area contributed by atoms with E-state index in [1.807, 2.05) is 23.1 Å². The molecular formula is C20H27ClN6O. The van der Waals surface area contributed by atoms with Crippen molar-refractivity contribution < 1.29 is 4.79 Å². The van der Waals surface area contributed by atoms with E-state index in [9.17, 15) is 4.79 Å². The van der Waals surface area contributed by atoms with Crippen molar-refractivity contribution in [3.05, 3.63) is 40.7 Å². The van der Waals surface area contributed by atoms with Crippen LogP contribution in [0, 0.1) is 0 Å². The van der Waals surface area contributed by atoms with E-state index in [0.717, 1.165) is 42.5 Å². The van der Waals surface area contributed by atoms with Gasteiger partial charge in [0.25, 0.3) is 0 Å². The molecule has 0 spiro atoms. The highest BCUT2D eigenvalue weighted by Crippen LogP contribution is 2.32. The number of carbonyl (C=O) groups is 1. The Hall–Kier alpha value is -1.99. The zero-order chi connectivity index (χ0) is 19.3. The molecule has 7 nitrogen and oxygen atoms in total. The van der Waals surface area contributed by atoms with E-state index in [-0.39, 0.29) is 12.5 Å². The molecule has 0 radical (unpaired) electrons. The molecule has 0 bridgehead atoms. The zero-order valence-corrected chi connectivity index (χ0v) is 16.9. The molecule has 2 aliphatic rings. The topological polar surface area (TPSA) is 67.2 Å². The van der Waals surface area contributed by atoms with Crippen LogP contribution in [0.1, 0.15) is 49.4 Å². The zero-order valence-electron chi connectivity index (χ0n) is 16.1. The summed E-state index contributed by atoms with van der Waals surface area (Å²) >= 11 is 6.33. The first kappa shape index (κ1) is 19.3. The molecule has 0 aliphatic carbocycles. The molecule has 150 valence electrons. The minimum Gasteiger partial charge on any atom is -0.340 e. The molecule has 1 aromatic carbocycles. The van der Waals surface area contributed by atoms with Crippen molar-refractivity contribution in [1.82, 2.24) is 30.0 Å². The van der Waals surface area contributed by atoms with Gasteiger partial charge in [-0.25, -0.2) is 4.68 Å². The largest absolute Gasteiger partial charge is 0.340 e. The van der Waals surface area contributed by atoms with Crippen LogP contribution in [0.2, 0.25) is 5.02 Å². The summed E-state index contributed by atoms with van der Waals surface area (Å²) in [5.74, 6) is 1.14. The summed E-state index contributed by atoms with van der Waals surface area (Å²) in [6.45, 7) is 4.51. The number of hydrogen-bond acceptors (Lipinski definition) is 5. The Morgan fingerprint density at radius 3 is 2.68 bits per heavy atom. The average Bonchev–Trinajstić information content (AvgIpc) is 3.27. The van der Waals surface area contributed by atoms with Gasteiger partial charge in [0.2, 0.25) is 5.91 Å². The molecule has 28 heavy (non-hydrogen) atoms. The highest BCUT2D eigenvalue weighted by atomic mass is 35.5. The van der Waals surface area contributed by atoms with Crippen molar-refractivity contribution in [2.45, 2.75) is 51.1 Å². The van der Waals surface area contributed by atoms with Crippen LogP contribution in [0.15, 0.2) is 24.3 Å². The average molecular weight is 403 g/mol. The first-order chi connectivity index (χ1) is 13.7. The Morgan fingerprint density at radius 1 is 1.11 bits per heavy atom. The van der Waals surface area contributed by atoms with Crippen molar-refractivity contribution in [3.8, 4) is 0 Å². The number of carbonyl (C=O) groups excluding carboxylic acids is 1. The second kappa shape index (κ2) is 9.01. The van der Waals surface area contributed by atoms with Gasteiger partial charge >= 0.3 is 0 Å². The maximum atomic E-state index is 12.8. The maximum absolute atomic E-state index is 12.8. The van der Waals surface area contributed by atoms with Crippen molar-refractivity contribution in [1.29, 1.82) is 0 Å². The lowest BCUT2D eigenvalue weighted by Gasteiger charge is -2.20. The van der Waals surface area contributed by atoms with Crippen LogP contribution in [-0.4, -0.2) is 62.1 Å². The second-order valence-electron chi connectivity index (χ2n) is 7.79. The van der Waals surface area contributed by atoms with Crippen LogP contribution >= 0.6 is 11.6 Å². The molecule has 0 saturated carbocycles. The lowest BCUT2D eigenvalue weighted by Crippen LogP contribution is -2.33. The summed E-state index contributed by atoms with van der Waals surface area (Å²) in [6.07, 6.45) is 5.96. The van der Waals surface area contributed by atoms with Gasteiger partial charge in [-0.2, -0.15) is 0 Å². The first-order valence-electron chi connectivity index (χ1n) is 10.2. The van der Waals surface area contributed by atoms with Gasteiger partial charge in [0.05, 0.1) is 6.54 Å². The Morgan fingerprint density at radius 2 is 1.89 bits per heavy atom. The summed E-state index contributed by atoms with van der Waals surface area (Å²) in [5.41, 5.74) is 1.13. The van der Waals surface area contributed by atoms with E-state index >= 15 is 0 Å². The molecule has 3 heterocycles. The van der Waals surface area contributed by atoms with Crippen LogP contribution in [0.4, 0.5) is 0 Å². The van der Waals surface area contributed by atoms with Gasteiger partial charge < -0.3 is 4.90 Å². The van der Waals surface area contributed by atoms with Crippen molar-refractivity contribution in [2.75, 3.05) is 26.2 Å². The normalized spacial score (nSPS) is 21.0. The van der Waals surface area contributed by atoms with Gasteiger partial charge in [-0.1, -0.05) is 42.6 Å². The molecule has 2 fully saturated rings. The minimum atomic E-state index is 0.0685. The van der Waals surface area contributed by atoms with Crippen molar-refractivity contribution in [3.63, 3.8) is 0 Å². The number of likely N-dealkylation sites (tertiary alicyclic amines) is 2. The molecule has 4 rings (SSSR count). The van der Waals surface area contributed by atoms with Crippen LogP contribution in [-0.2, 0) is 17.9 Å². The highest BCUT2D eigenvalue weighted by molar-refractivity contribution is 6.31. The van der Waals surface area contributed by atoms with Crippen LogP contribution in [0.25, 0.3) is 0 Å². The van der Waals surface area contributed by atoms with Gasteiger partial charge in [0.1, 0.15) is 6.54 Å². The molecule has 2 aromatic rings. The molecule has 1 aromatic heterocycles. The predicted molar refractivity (Wildman–Crippen MR) is 107 cm³/mol. The summed E-state index contributed by atoms with van der Waals surface area (Å²) in [5, 5.41) is 12.8.